The molecule has 0 saturated carbocycles. The molecule has 0 fully saturated rings. The van der Waals surface area contributed by atoms with Crippen molar-refractivity contribution in [2.24, 2.45) is 0 Å². The molecular weight excluding hydrogens is 389 g/mol. The highest BCUT2D eigenvalue weighted by atomic mass is 32.2. The van der Waals surface area contributed by atoms with Crippen LogP contribution in [-0.4, -0.2) is 28.8 Å². The van der Waals surface area contributed by atoms with Gasteiger partial charge in [0.2, 0.25) is 0 Å². The van der Waals surface area contributed by atoms with Crippen molar-refractivity contribution in [3.63, 3.8) is 0 Å². The van der Waals surface area contributed by atoms with E-state index < -0.39 is 0 Å². The van der Waals surface area contributed by atoms with Crippen LogP contribution in [0, 0.1) is 19.7 Å². The van der Waals surface area contributed by atoms with Crippen LogP contribution in [0.5, 0.6) is 11.5 Å². The highest BCUT2D eigenvalue weighted by Gasteiger charge is 2.24. The lowest BCUT2D eigenvalue weighted by Gasteiger charge is -2.27. The van der Waals surface area contributed by atoms with Crippen molar-refractivity contribution < 1.29 is 18.7 Å². The molecule has 0 radical (unpaired) electrons. The second kappa shape index (κ2) is 8.33. The molecule has 0 amide bonds. The Balaban J connectivity index is 1.43. The molecule has 0 unspecified atom stereocenters. The molecule has 1 atom stereocenters. The van der Waals surface area contributed by atoms with E-state index in [-0.39, 0.29) is 17.7 Å². The van der Waals surface area contributed by atoms with Gasteiger partial charge in [-0.1, -0.05) is 12.1 Å². The van der Waals surface area contributed by atoms with E-state index in [1.165, 1.54) is 23.9 Å². The van der Waals surface area contributed by atoms with Gasteiger partial charge in [-0.15, -0.1) is 11.8 Å². The van der Waals surface area contributed by atoms with E-state index in [9.17, 15) is 9.18 Å². The summed E-state index contributed by atoms with van der Waals surface area (Å²) in [5.74, 6) is 1.61. The molecule has 1 aliphatic heterocycles. The summed E-state index contributed by atoms with van der Waals surface area (Å²) >= 11 is 1.41. The number of carbonyl (C=O) groups excluding carboxylic acids is 1. The standard InChI is InChI=1S/C23H22FNO3S/c1-15-11-20(21(26)14-29-19-9-7-17(24)8-10-19)16(2)25(15)12-18-13-27-22-5-3-4-6-23(22)28-18/h3-11,18H,12-14H2,1-2H3/t18-/m1/s1. The van der Waals surface area contributed by atoms with Crippen LogP contribution in [0.15, 0.2) is 59.5 Å². The van der Waals surface area contributed by atoms with Crippen molar-refractivity contribution in [3.05, 3.63) is 77.4 Å². The third kappa shape index (κ3) is 4.32. The number of carbonyl (C=O) groups is 1. The number of benzene rings is 2. The molecule has 4 rings (SSSR count). The average molecular weight is 411 g/mol. The van der Waals surface area contributed by atoms with E-state index >= 15 is 0 Å². The number of aromatic nitrogens is 1. The molecule has 0 bridgehead atoms. The van der Waals surface area contributed by atoms with Gasteiger partial charge >= 0.3 is 0 Å². The molecule has 0 saturated heterocycles. The molecule has 1 aliphatic rings. The Morgan fingerprint density at radius 3 is 2.62 bits per heavy atom. The lowest BCUT2D eigenvalue weighted by molar-refractivity contribution is 0.0777. The summed E-state index contributed by atoms with van der Waals surface area (Å²) in [7, 11) is 0. The first kappa shape index (κ1) is 19.6. The zero-order chi connectivity index (χ0) is 20.4. The van der Waals surface area contributed by atoms with Gasteiger partial charge < -0.3 is 14.0 Å². The van der Waals surface area contributed by atoms with E-state index in [0.29, 0.717) is 24.5 Å². The molecule has 0 N–H and O–H groups in total. The highest BCUT2D eigenvalue weighted by molar-refractivity contribution is 8.00. The minimum atomic E-state index is -0.277. The third-order valence-corrected chi connectivity index (χ3v) is 6.02. The predicted octanol–water partition coefficient (Wildman–Crippen LogP) is 5.06. The predicted molar refractivity (Wildman–Crippen MR) is 112 cm³/mol. The summed E-state index contributed by atoms with van der Waals surface area (Å²) in [6, 6.07) is 15.8. The number of ether oxygens (including phenoxy) is 2. The van der Waals surface area contributed by atoms with Crippen molar-refractivity contribution >= 4 is 17.5 Å². The summed E-state index contributed by atoms with van der Waals surface area (Å²) in [6.45, 7) is 5.04. The number of halogens is 1. The lowest BCUT2D eigenvalue weighted by Crippen LogP contribution is -2.33. The van der Waals surface area contributed by atoms with E-state index in [1.807, 2.05) is 44.2 Å². The summed E-state index contributed by atoms with van der Waals surface area (Å²) in [4.78, 5) is 13.6. The Labute approximate surface area is 173 Å². The number of aryl methyl sites for hydroxylation is 1. The zero-order valence-electron chi connectivity index (χ0n) is 16.4. The molecular formula is C23H22FNO3S. The third-order valence-electron chi connectivity index (χ3n) is 5.01. The number of hydrogen-bond acceptors (Lipinski definition) is 4. The fraction of sp³-hybridized carbons (Fsp3) is 0.261. The number of para-hydroxylation sites is 2. The van der Waals surface area contributed by atoms with Gasteiger partial charge in [0.05, 0.1) is 12.3 Å². The molecule has 0 spiro atoms. The summed E-state index contributed by atoms with van der Waals surface area (Å²) in [5, 5.41) is 0. The van der Waals surface area contributed by atoms with Crippen molar-refractivity contribution in [3.8, 4) is 11.5 Å². The second-order valence-corrected chi connectivity index (χ2v) is 8.11. The first-order valence-corrected chi connectivity index (χ1v) is 10.5. The van der Waals surface area contributed by atoms with E-state index in [2.05, 4.69) is 4.57 Å². The molecule has 150 valence electrons. The van der Waals surface area contributed by atoms with Crippen LogP contribution in [0.4, 0.5) is 4.39 Å². The van der Waals surface area contributed by atoms with Gasteiger partial charge in [-0.3, -0.25) is 4.79 Å². The number of Topliss-reactive ketones (excluding diaryl/α,β-unsaturated/α-hetero) is 1. The van der Waals surface area contributed by atoms with Gasteiger partial charge in [0, 0.05) is 21.8 Å². The minimum Gasteiger partial charge on any atom is -0.486 e. The van der Waals surface area contributed by atoms with E-state index in [4.69, 9.17) is 9.47 Å². The first-order chi connectivity index (χ1) is 14.0. The number of thioether (sulfide) groups is 1. The van der Waals surface area contributed by atoms with Crippen LogP contribution in [0.3, 0.4) is 0 Å². The highest BCUT2D eigenvalue weighted by Crippen LogP contribution is 2.31. The molecule has 3 aromatic rings. The van der Waals surface area contributed by atoms with Crippen LogP contribution >= 0.6 is 11.8 Å². The van der Waals surface area contributed by atoms with Crippen molar-refractivity contribution in [2.45, 2.75) is 31.4 Å². The second-order valence-electron chi connectivity index (χ2n) is 7.06. The maximum Gasteiger partial charge on any atom is 0.174 e. The van der Waals surface area contributed by atoms with Gasteiger partial charge in [0.25, 0.3) is 0 Å². The fourth-order valence-electron chi connectivity index (χ4n) is 3.48. The van der Waals surface area contributed by atoms with Gasteiger partial charge in [-0.25, -0.2) is 4.39 Å². The minimum absolute atomic E-state index is 0.0600. The quantitative estimate of drug-likeness (QED) is 0.420. The topological polar surface area (TPSA) is 40.5 Å². The van der Waals surface area contributed by atoms with Gasteiger partial charge in [0.15, 0.2) is 23.4 Å². The Bertz CT molecular complexity index is 1030. The number of rotatable bonds is 6. The SMILES string of the molecule is Cc1cc(C(=O)CSc2ccc(F)cc2)c(C)n1C[C@@H]1COc2ccccc2O1. The van der Waals surface area contributed by atoms with E-state index in [0.717, 1.165) is 27.8 Å². The molecule has 1 aromatic heterocycles. The van der Waals surface area contributed by atoms with Crippen molar-refractivity contribution in [2.75, 3.05) is 12.4 Å². The zero-order valence-corrected chi connectivity index (χ0v) is 17.2. The number of nitrogens with zero attached hydrogens (tertiary/aromatic N) is 1. The smallest absolute Gasteiger partial charge is 0.174 e. The van der Waals surface area contributed by atoms with Crippen molar-refractivity contribution in [1.82, 2.24) is 4.57 Å². The molecule has 0 aliphatic carbocycles. The number of hydrogen-bond donors (Lipinski definition) is 0. The Kier molecular flexibility index (Phi) is 5.62. The van der Waals surface area contributed by atoms with Crippen LogP contribution in [-0.2, 0) is 6.54 Å². The first-order valence-electron chi connectivity index (χ1n) is 9.48. The Morgan fingerprint density at radius 2 is 1.86 bits per heavy atom. The monoisotopic (exact) mass is 411 g/mol. The van der Waals surface area contributed by atoms with Gasteiger partial charge in [0.1, 0.15) is 12.4 Å². The van der Waals surface area contributed by atoms with Gasteiger partial charge in [-0.2, -0.15) is 0 Å². The normalized spacial score (nSPS) is 15.3. The Morgan fingerprint density at radius 1 is 1.14 bits per heavy atom. The molecule has 2 heterocycles. The summed E-state index contributed by atoms with van der Waals surface area (Å²) in [5.41, 5.74) is 2.66. The van der Waals surface area contributed by atoms with E-state index in [1.54, 1.807) is 12.1 Å². The molecule has 2 aromatic carbocycles. The maximum atomic E-state index is 13.0. The largest absolute Gasteiger partial charge is 0.486 e. The van der Waals surface area contributed by atoms with Crippen LogP contribution in [0.2, 0.25) is 0 Å². The van der Waals surface area contributed by atoms with Crippen LogP contribution < -0.4 is 9.47 Å². The van der Waals surface area contributed by atoms with Crippen LogP contribution in [0.1, 0.15) is 21.7 Å². The molecule has 6 heteroatoms. The summed E-state index contributed by atoms with van der Waals surface area (Å²) in [6.07, 6.45) is -0.119. The van der Waals surface area contributed by atoms with Crippen molar-refractivity contribution in [1.29, 1.82) is 0 Å². The number of ketones is 1. The Hall–Kier alpha value is -2.73. The lowest BCUT2D eigenvalue weighted by atomic mass is 10.2. The molecule has 4 nitrogen and oxygen atoms in total. The van der Waals surface area contributed by atoms with Gasteiger partial charge in [-0.05, 0) is 56.3 Å². The summed E-state index contributed by atoms with van der Waals surface area (Å²) < 4.78 is 27.0. The molecule has 29 heavy (non-hydrogen) atoms. The fourth-order valence-corrected chi connectivity index (χ4v) is 4.26. The average Bonchev–Trinajstić information content (AvgIpc) is 3.01. The number of fused-ring (bicyclic) bond motifs is 1. The maximum absolute atomic E-state index is 13.0. The van der Waals surface area contributed by atoms with Crippen LogP contribution in [0.25, 0.3) is 0 Å².